The molecule has 0 saturated carbocycles. The molecule has 32 heavy (non-hydrogen) atoms. The second-order valence-electron chi connectivity index (χ2n) is 5.23. The largest absolute Gasteiger partial charge is 0.478 e. The Morgan fingerprint density at radius 1 is 0.812 bits per heavy atom. The molecule has 0 saturated heterocycles. The van der Waals surface area contributed by atoms with Gasteiger partial charge in [0.1, 0.15) is 0 Å². The first kappa shape index (κ1) is 35.5. The zero-order valence-electron chi connectivity index (χ0n) is 19.1. The highest BCUT2D eigenvalue weighted by atomic mass is 16.5. The fourth-order valence-corrected chi connectivity index (χ4v) is 0.839. The van der Waals surface area contributed by atoms with Gasteiger partial charge < -0.3 is 24.4 Å². The van der Waals surface area contributed by atoms with E-state index in [1.807, 2.05) is 0 Å². The van der Waals surface area contributed by atoms with Crippen molar-refractivity contribution < 1.29 is 48.4 Å². The maximum atomic E-state index is 10.8. The molecule has 10 nitrogen and oxygen atoms in total. The first-order valence-electron chi connectivity index (χ1n) is 8.90. The van der Waals surface area contributed by atoms with Crippen LogP contribution in [-0.4, -0.2) is 60.4 Å². The molecule has 0 rings (SSSR count). The number of carboxylic acids is 2. The van der Waals surface area contributed by atoms with E-state index in [0.717, 1.165) is 18.2 Å². The van der Waals surface area contributed by atoms with Gasteiger partial charge in [-0.3, -0.25) is 0 Å². The van der Waals surface area contributed by atoms with Crippen LogP contribution >= 0.6 is 0 Å². The highest BCUT2D eigenvalue weighted by molar-refractivity contribution is 5.93. The zero-order valence-corrected chi connectivity index (χ0v) is 19.1. The first-order chi connectivity index (χ1) is 14.7. The summed E-state index contributed by atoms with van der Waals surface area (Å²) in [5.74, 6) is -3.37. The van der Waals surface area contributed by atoms with E-state index in [0.29, 0.717) is 12.2 Å². The van der Waals surface area contributed by atoms with E-state index in [2.05, 4.69) is 40.5 Å². The number of carbonyl (C=O) groups is 5. The van der Waals surface area contributed by atoms with Crippen molar-refractivity contribution in [2.75, 3.05) is 20.3 Å². The van der Waals surface area contributed by atoms with E-state index in [1.165, 1.54) is 14.0 Å². The Hall–Kier alpha value is -3.95. The van der Waals surface area contributed by atoms with Crippen molar-refractivity contribution in [3.8, 4) is 0 Å². The summed E-state index contributed by atoms with van der Waals surface area (Å²) in [5, 5.41) is 16.1. The molecule has 2 N–H and O–H groups in total. The number of methoxy groups -OCH3 is 1. The second-order valence-corrected chi connectivity index (χ2v) is 5.23. The van der Waals surface area contributed by atoms with E-state index >= 15 is 0 Å². The molecule has 0 heterocycles. The lowest BCUT2D eigenvalue weighted by Crippen LogP contribution is -2.05. The Balaban J connectivity index is -0.000000171. The summed E-state index contributed by atoms with van der Waals surface area (Å²) in [6.07, 6.45) is 3.07. The maximum Gasteiger partial charge on any atom is 0.337 e. The Kier molecular flexibility index (Phi) is 25.9. The summed E-state index contributed by atoms with van der Waals surface area (Å²) in [7, 11) is 1.33. The zero-order chi connectivity index (χ0) is 26.3. The van der Waals surface area contributed by atoms with Crippen LogP contribution in [0.2, 0.25) is 0 Å². The van der Waals surface area contributed by atoms with Gasteiger partial charge >= 0.3 is 29.8 Å². The van der Waals surface area contributed by atoms with Crippen LogP contribution in [0.25, 0.3) is 0 Å². The smallest absolute Gasteiger partial charge is 0.337 e. The Bertz CT molecular complexity index is 700. The van der Waals surface area contributed by atoms with Crippen molar-refractivity contribution in [3.05, 3.63) is 61.3 Å². The van der Waals surface area contributed by atoms with Crippen molar-refractivity contribution in [1.29, 1.82) is 0 Å². The summed E-state index contributed by atoms with van der Waals surface area (Å²) in [5.41, 5.74) is 0.636. The number of rotatable bonds is 8. The first-order valence-corrected chi connectivity index (χ1v) is 8.90. The molecule has 0 aromatic heterocycles. The molecule has 0 aromatic rings. The number of carboxylic acid groups (broad SMARTS) is 2. The van der Waals surface area contributed by atoms with Crippen molar-refractivity contribution in [2.45, 2.75) is 27.7 Å². The molecule has 0 unspecified atom stereocenters. The van der Waals surface area contributed by atoms with Crippen LogP contribution < -0.4 is 0 Å². The van der Waals surface area contributed by atoms with Gasteiger partial charge in [-0.05, 0) is 33.8 Å². The van der Waals surface area contributed by atoms with Gasteiger partial charge in [-0.25, -0.2) is 24.0 Å². The molecule has 0 aliphatic carbocycles. The Morgan fingerprint density at radius 2 is 1.25 bits per heavy atom. The van der Waals surface area contributed by atoms with Gasteiger partial charge in [0.05, 0.1) is 25.9 Å². The van der Waals surface area contributed by atoms with Crippen molar-refractivity contribution in [1.82, 2.24) is 0 Å². The van der Waals surface area contributed by atoms with Crippen LogP contribution in [-0.2, 0) is 38.2 Å². The minimum absolute atomic E-state index is 0.0271. The molecule has 0 aliphatic heterocycles. The lowest BCUT2D eigenvalue weighted by atomic mass is 10.3. The monoisotopic (exact) mass is 456 g/mol. The minimum atomic E-state index is -1.12. The number of ether oxygens (including phenoxy) is 3. The fourth-order valence-electron chi connectivity index (χ4n) is 0.839. The Labute approximate surface area is 188 Å². The van der Waals surface area contributed by atoms with Crippen molar-refractivity contribution >= 4 is 29.8 Å². The SMILES string of the molecule is C=C(C)C(=O)O.C=C(C)C(=O)OC.C=C(C=CC(=O)O)C(=O)OCC.C=CC(=O)OCC. The van der Waals surface area contributed by atoms with E-state index < -0.39 is 17.9 Å². The van der Waals surface area contributed by atoms with E-state index in [1.54, 1.807) is 20.8 Å². The van der Waals surface area contributed by atoms with E-state index in [4.69, 9.17) is 10.2 Å². The molecule has 0 amide bonds. The molecular formula is C22H32O10. The highest BCUT2D eigenvalue weighted by Gasteiger charge is 2.03. The van der Waals surface area contributed by atoms with Gasteiger partial charge in [0.15, 0.2) is 0 Å². The average Bonchev–Trinajstić information content (AvgIpc) is 2.72. The summed E-state index contributed by atoms with van der Waals surface area (Å²) in [6.45, 7) is 20.2. The van der Waals surface area contributed by atoms with Gasteiger partial charge in [0, 0.05) is 23.3 Å². The molecule has 0 fully saturated rings. The third kappa shape index (κ3) is 30.8. The van der Waals surface area contributed by atoms with Gasteiger partial charge in [-0.15, -0.1) is 0 Å². The summed E-state index contributed by atoms with van der Waals surface area (Å²) < 4.78 is 13.3. The van der Waals surface area contributed by atoms with Crippen LogP contribution in [0.4, 0.5) is 0 Å². The third-order valence-electron chi connectivity index (χ3n) is 2.32. The third-order valence-corrected chi connectivity index (χ3v) is 2.32. The lowest BCUT2D eigenvalue weighted by molar-refractivity contribution is -0.138. The standard InChI is InChI=1S/C8H10O4.2C5H8O2.C4H6O2/c1-3-12-8(11)6(2)4-5-7(9)10;1-4(2)5(6)7-3;1-3-5(6)7-4-2;1-3(2)4(5)6/h4-5H,2-3H2,1H3,(H,9,10);1H2,2-3H3;3H,1,4H2,2H3;1H2,2H3,(H,5,6). The molecule has 0 spiro atoms. The van der Waals surface area contributed by atoms with Crippen molar-refractivity contribution in [2.24, 2.45) is 0 Å². The topological polar surface area (TPSA) is 154 Å². The minimum Gasteiger partial charge on any atom is -0.478 e. The van der Waals surface area contributed by atoms with Gasteiger partial charge in [-0.2, -0.15) is 0 Å². The summed E-state index contributed by atoms with van der Waals surface area (Å²) in [4.78, 5) is 50.7. The second kappa shape index (κ2) is 23.3. The number of hydrogen-bond donors (Lipinski definition) is 2. The lowest BCUT2D eigenvalue weighted by Gasteiger charge is -1.98. The molecule has 10 heteroatoms. The predicted octanol–water partition coefficient (Wildman–Crippen LogP) is 2.86. The van der Waals surface area contributed by atoms with Gasteiger partial charge in [-0.1, -0.05) is 26.3 Å². The molecule has 0 bridgehead atoms. The van der Waals surface area contributed by atoms with Crippen LogP contribution in [0.3, 0.4) is 0 Å². The average molecular weight is 456 g/mol. The van der Waals surface area contributed by atoms with Crippen LogP contribution in [0, 0.1) is 0 Å². The quantitative estimate of drug-likeness (QED) is 0.241. The van der Waals surface area contributed by atoms with Crippen LogP contribution in [0.5, 0.6) is 0 Å². The van der Waals surface area contributed by atoms with Gasteiger partial charge in [0.2, 0.25) is 0 Å². The molecule has 0 atom stereocenters. The van der Waals surface area contributed by atoms with Crippen molar-refractivity contribution in [3.63, 3.8) is 0 Å². The number of carbonyl (C=O) groups excluding carboxylic acids is 3. The number of hydrogen-bond acceptors (Lipinski definition) is 8. The maximum absolute atomic E-state index is 10.8. The van der Waals surface area contributed by atoms with Gasteiger partial charge in [0.25, 0.3) is 0 Å². The van der Waals surface area contributed by atoms with E-state index in [-0.39, 0.29) is 29.7 Å². The number of aliphatic carboxylic acids is 2. The van der Waals surface area contributed by atoms with E-state index in [9.17, 15) is 24.0 Å². The highest BCUT2D eigenvalue weighted by Crippen LogP contribution is 1.96. The normalized spacial score (nSPS) is 8.41. The fraction of sp³-hybridized carbons (Fsp3) is 0.318. The van der Waals surface area contributed by atoms with Crippen LogP contribution in [0.1, 0.15) is 27.7 Å². The molecular weight excluding hydrogens is 424 g/mol. The molecule has 0 aromatic carbocycles. The number of esters is 3. The van der Waals surface area contributed by atoms with Crippen LogP contribution in [0.15, 0.2) is 61.3 Å². The summed E-state index contributed by atoms with van der Waals surface area (Å²) >= 11 is 0. The molecule has 0 radical (unpaired) electrons. The Morgan fingerprint density at radius 3 is 1.44 bits per heavy atom. The predicted molar refractivity (Wildman–Crippen MR) is 119 cm³/mol. The summed E-state index contributed by atoms with van der Waals surface area (Å²) in [6, 6.07) is 0. The molecule has 180 valence electrons. The molecule has 0 aliphatic rings.